The molecule has 8 heteroatoms. The minimum Gasteiger partial charge on any atom is -0.502 e. The van der Waals surface area contributed by atoms with Gasteiger partial charge in [-0.2, -0.15) is 0 Å². The van der Waals surface area contributed by atoms with Crippen LogP contribution in [0.25, 0.3) is 16.2 Å². The minimum absolute atomic E-state index is 0.0871. The second-order valence-electron chi connectivity index (χ2n) is 4.95. The Hall–Kier alpha value is -2.19. The van der Waals surface area contributed by atoms with Gasteiger partial charge in [0, 0.05) is 10.9 Å². The maximum Gasteiger partial charge on any atom is 0.301 e. The molecular formula is C14H12N2O4S2. The van der Waals surface area contributed by atoms with Crippen LogP contribution in [0.15, 0.2) is 29.3 Å². The van der Waals surface area contributed by atoms with Crippen LogP contribution in [0.2, 0.25) is 0 Å². The maximum absolute atomic E-state index is 11.8. The lowest BCUT2D eigenvalue weighted by Crippen LogP contribution is -2.23. The molecule has 1 aromatic heterocycles. The molecule has 2 heterocycles. The van der Waals surface area contributed by atoms with E-state index < -0.39 is 26.6 Å². The van der Waals surface area contributed by atoms with Crippen molar-refractivity contribution < 1.29 is 18.3 Å². The van der Waals surface area contributed by atoms with E-state index in [2.05, 4.69) is 4.98 Å². The molecule has 1 aliphatic heterocycles. The molecule has 0 unspecified atom stereocenters. The molecule has 22 heavy (non-hydrogen) atoms. The van der Waals surface area contributed by atoms with Crippen molar-refractivity contribution in [3.63, 3.8) is 0 Å². The molecule has 0 atom stereocenters. The molecule has 0 radical (unpaired) electrons. The molecule has 0 fully saturated rings. The van der Waals surface area contributed by atoms with Crippen LogP contribution in [0.4, 0.5) is 0 Å². The lowest BCUT2D eigenvalue weighted by molar-refractivity contribution is -0.117. The molecule has 0 aliphatic carbocycles. The number of rotatable bonds is 2. The Balaban J connectivity index is 2.08. The fourth-order valence-corrected chi connectivity index (χ4v) is 4.39. The molecule has 1 amide bonds. The highest BCUT2D eigenvalue weighted by molar-refractivity contribution is 8.00. The SMILES string of the molecule is Cc1ccc(-c2csc(C3=C(O)C(=O)NS3(=O)=O)n2)cc1C. The molecule has 3 rings (SSSR count). The summed E-state index contributed by atoms with van der Waals surface area (Å²) in [6.45, 7) is 3.97. The highest BCUT2D eigenvalue weighted by Crippen LogP contribution is 2.33. The second kappa shape index (κ2) is 4.92. The second-order valence-corrected chi connectivity index (χ2v) is 7.43. The van der Waals surface area contributed by atoms with Crippen LogP contribution in [0, 0.1) is 13.8 Å². The van der Waals surface area contributed by atoms with Crippen molar-refractivity contribution in [1.29, 1.82) is 0 Å². The quantitative estimate of drug-likeness (QED) is 0.875. The van der Waals surface area contributed by atoms with Gasteiger partial charge in [0.05, 0.1) is 5.69 Å². The zero-order chi connectivity index (χ0) is 16.1. The summed E-state index contributed by atoms with van der Waals surface area (Å²) in [5.74, 6) is -1.85. The van der Waals surface area contributed by atoms with Crippen molar-refractivity contribution in [3.8, 4) is 11.3 Å². The third kappa shape index (κ3) is 2.30. The summed E-state index contributed by atoms with van der Waals surface area (Å²) >= 11 is 1.06. The van der Waals surface area contributed by atoms with E-state index in [4.69, 9.17) is 0 Å². The number of aromatic nitrogens is 1. The molecule has 1 aliphatic rings. The van der Waals surface area contributed by atoms with Gasteiger partial charge >= 0.3 is 5.91 Å². The lowest BCUT2D eigenvalue weighted by atomic mass is 10.1. The largest absolute Gasteiger partial charge is 0.502 e. The highest BCUT2D eigenvalue weighted by atomic mass is 32.2. The Bertz CT molecular complexity index is 926. The smallest absolute Gasteiger partial charge is 0.301 e. The summed E-state index contributed by atoms with van der Waals surface area (Å²) in [4.78, 5) is 15.1. The first-order valence-electron chi connectivity index (χ1n) is 6.33. The molecular weight excluding hydrogens is 324 g/mol. The van der Waals surface area contributed by atoms with Crippen molar-refractivity contribution in [3.05, 3.63) is 45.5 Å². The molecule has 114 valence electrons. The number of amides is 1. The van der Waals surface area contributed by atoms with Crippen LogP contribution in [0.1, 0.15) is 16.1 Å². The Morgan fingerprint density at radius 3 is 2.55 bits per heavy atom. The number of hydrogen-bond donors (Lipinski definition) is 2. The van der Waals surface area contributed by atoms with Crippen molar-refractivity contribution >= 4 is 32.2 Å². The molecule has 6 nitrogen and oxygen atoms in total. The van der Waals surface area contributed by atoms with Gasteiger partial charge in [0.15, 0.2) is 4.91 Å². The number of nitrogens with one attached hydrogen (secondary N) is 1. The standard InChI is InChI=1S/C14H12N2O4S2/c1-7-3-4-9(5-8(7)2)10-6-21-14(15-10)12-11(17)13(18)16-22(12,19)20/h3-6,17H,1-2H3,(H,16,18). The predicted octanol–water partition coefficient (Wildman–Crippen LogP) is 2.11. The van der Waals surface area contributed by atoms with E-state index in [0.717, 1.165) is 28.0 Å². The Morgan fingerprint density at radius 1 is 1.23 bits per heavy atom. The van der Waals surface area contributed by atoms with Crippen LogP contribution in [0.5, 0.6) is 0 Å². The number of aliphatic hydroxyl groups excluding tert-OH is 1. The molecule has 2 aromatic rings. The average Bonchev–Trinajstić information content (AvgIpc) is 2.97. The molecule has 1 aromatic carbocycles. The number of aliphatic hydroxyl groups is 1. The van der Waals surface area contributed by atoms with Crippen LogP contribution >= 0.6 is 11.3 Å². The van der Waals surface area contributed by atoms with Gasteiger partial charge in [0.25, 0.3) is 10.0 Å². The molecule has 0 bridgehead atoms. The molecule has 0 saturated heterocycles. The predicted molar refractivity (Wildman–Crippen MR) is 83.6 cm³/mol. The van der Waals surface area contributed by atoms with Gasteiger partial charge in [-0.15, -0.1) is 11.3 Å². The van der Waals surface area contributed by atoms with Gasteiger partial charge in [0.1, 0.15) is 5.01 Å². The van der Waals surface area contributed by atoms with Crippen LogP contribution < -0.4 is 4.72 Å². The summed E-state index contributed by atoms with van der Waals surface area (Å²) in [6.07, 6.45) is 0. The third-order valence-corrected chi connectivity index (χ3v) is 5.79. The Labute approximate surface area is 131 Å². The Kier molecular flexibility index (Phi) is 3.30. The maximum atomic E-state index is 11.8. The summed E-state index contributed by atoms with van der Waals surface area (Å²) < 4.78 is 25.4. The number of thiazole rings is 1. The number of aryl methyl sites for hydroxylation is 2. The third-order valence-electron chi connectivity index (χ3n) is 3.43. The fourth-order valence-electron chi connectivity index (χ4n) is 2.08. The van der Waals surface area contributed by atoms with Crippen molar-refractivity contribution in [2.24, 2.45) is 0 Å². The van der Waals surface area contributed by atoms with Gasteiger partial charge in [-0.3, -0.25) is 4.79 Å². The average molecular weight is 336 g/mol. The van der Waals surface area contributed by atoms with Crippen LogP contribution in [0.3, 0.4) is 0 Å². The summed E-state index contributed by atoms with van der Waals surface area (Å²) in [6, 6.07) is 5.80. The van der Waals surface area contributed by atoms with Gasteiger partial charge < -0.3 is 5.11 Å². The summed E-state index contributed by atoms with van der Waals surface area (Å²) in [5.41, 5.74) is 3.69. The van der Waals surface area contributed by atoms with Gasteiger partial charge in [-0.1, -0.05) is 12.1 Å². The molecule has 2 N–H and O–H groups in total. The monoisotopic (exact) mass is 336 g/mol. The van der Waals surface area contributed by atoms with E-state index in [1.165, 1.54) is 0 Å². The van der Waals surface area contributed by atoms with Crippen molar-refractivity contribution in [2.45, 2.75) is 13.8 Å². The zero-order valence-electron chi connectivity index (χ0n) is 11.7. The summed E-state index contributed by atoms with van der Waals surface area (Å²) in [7, 11) is -4.04. The Morgan fingerprint density at radius 2 is 1.95 bits per heavy atom. The van der Waals surface area contributed by atoms with Crippen LogP contribution in [-0.2, 0) is 14.8 Å². The van der Waals surface area contributed by atoms with Gasteiger partial charge in [-0.05, 0) is 31.0 Å². The molecule has 0 saturated carbocycles. The fraction of sp³-hybridized carbons (Fsp3) is 0.143. The van der Waals surface area contributed by atoms with E-state index in [-0.39, 0.29) is 5.01 Å². The number of hydrogen-bond acceptors (Lipinski definition) is 6. The first-order valence-corrected chi connectivity index (χ1v) is 8.70. The first-order chi connectivity index (χ1) is 10.3. The van der Waals surface area contributed by atoms with E-state index in [9.17, 15) is 18.3 Å². The minimum atomic E-state index is -4.04. The van der Waals surface area contributed by atoms with E-state index in [1.807, 2.05) is 32.0 Å². The van der Waals surface area contributed by atoms with E-state index in [0.29, 0.717) is 5.69 Å². The summed E-state index contributed by atoms with van der Waals surface area (Å²) in [5, 5.41) is 11.4. The number of nitrogens with zero attached hydrogens (tertiary/aromatic N) is 1. The highest BCUT2D eigenvalue weighted by Gasteiger charge is 2.38. The number of benzene rings is 1. The van der Waals surface area contributed by atoms with E-state index >= 15 is 0 Å². The van der Waals surface area contributed by atoms with E-state index in [1.54, 1.807) is 10.1 Å². The van der Waals surface area contributed by atoms with Gasteiger partial charge in [-0.25, -0.2) is 18.1 Å². The van der Waals surface area contributed by atoms with Crippen molar-refractivity contribution in [1.82, 2.24) is 9.71 Å². The number of sulfonamides is 1. The topological polar surface area (TPSA) is 96.4 Å². The lowest BCUT2D eigenvalue weighted by Gasteiger charge is -2.02. The van der Waals surface area contributed by atoms with Crippen LogP contribution in [-0.4, -0.2) is 24.4 Å². The molecule has 0 spiro atoms. The normalized spacial score (nSPS) is 16.9. The number of carbonyl (C=O) groups is 1. The first kappa shape index (κ1) is 14.7. The zero-order valence-corrected chi connectivity index (χ0v) is 13.4. The van der Waals surface area contributed by atoms with Gasteiger partial charge in [0.2, 0.25) is 5.76 Å². The number of carbonyl (C=O) groups excluding carboxylic acids is 1. The van der Waals surface area contributed by atoms with Crippen molar-refractivity contribution in [2.75, 3.05) is 0 Å².